The summed E-state index contributed by atoms with van der Waals surface area (Å²) in [5.74, 6) is -1.47. The lowest BCUT2D eigenvalue weighted by Crippen LogP contribution is -2.50. The third-order valence-corrected chi connectivity index (χ3v) is 11.6. The number of nitrogens with zero attached hydrogens (tertiary/aromatic N) is 1. The van der Waals surface area contributed by atoms with Gasteiger partial charge in [0.25, 0.3) is 0 Å². The van der Waals surface area contributed by atoms with Crippen LogP contribution >= 0.6 is 0 Å². The molecule has 2 atom stereocenters. The van der Waals surface area contributed by atoms with E-state index in [1.807, 2.05) is 21.1 Å². The van der Waals surface area contributed by atoms with Crippen LogP contribution in [0.3, 0.4) is 0 Å². The van der Waals surface area contributed by atoms with Crippen molar-refractivity contribution in [3.8, 4) is 0 Å². The second-order valence-corrected chi connectivity index (χ2v) is 18.5. The Hall–Kier alpha value is -2.19. The van der Waals surface area contributed by atoms with Gasteiger partial charge >= 0.3 is 17.9 Å². The van der Waals surface area contributed by atoms with Crippen LogP contribution in [0.15, 0.2) is 24.3 Å². The molecule has 0 aliphatic heterocycles. The molecule has 0 aliphatic carbocycles. The lowest BCUT2D eigenvalue weighted by molar-refractivity contribution is -0.887. The molecule has 8 nitrogen and oxygen atoms in total. The molecule has 0 aromatic carbocycles. The number of aliphatic carboxylic acids is 1. The van der Waals surface area contributed by atoms with Gasteiger partial charge in [-0.3, -0.25) is 9.59 Å². The largest absolute Gasteiger partial charge is 0.477 e. The molecular weight excluding hydrogens is 751 g/mol. The molecule has 0 aromatic heterocycles. The van der Waals surface area contributed by atoms with Gasteiger partial charge in [0.15, 0.2) is 12.1 Å². The minimum absolute atomic E-state index is 0.0543. The molecule has 0 fully saturated rings. The van der Waals surface area contributed by atoms with Crippen molar-refractivity contribution in [2.45, 2.75) is 251 Å². The molecule has 0 saturated carbocycles. The molecule has 60 heavy (non-hydrogen) atoms. The Balaban J connectivity index is 4.26. The van der Waals surface area contributed by atoms with Crippen LogP contribution in [-0.2, 0) is 28.6 Å². The van der Waals surface area contributed by atoms with Gasteiger partial charge in [-0.05, 0) is 38.5 Å². The number of ether oxygens (including phenoxy) is 3. The first-order chi connectivity index (χ1) is 29.1. The summed E-state index contributed by atoms with van der Waals surface area (Å²) in [7, 11) is 5.54. The summed E-state index contributed by atoms with van der Waals surface area (Å²) in [4.78, 5) is 37.1. The first kappa shape index (κ1) is 57.8. The van der Waals surface area contributed by atoms with Crippen molar-refractivity contribution in [3.63, 3.8) is 0 Å². The van der Waals surface area contributed by atoms with Gasteiger partial charge in [-0.2, -0.15) is 0 Å². The smallest absolute Gasteiger partial charge is 0.362 e. The zero-order chi connectivity index (χ0) is 44.2. The molecule has 0 amide bonds. The van der Waals surface area contributed by atoms with Crippen LogP contribution in [0.25, 0.3) is 0 Å². The minimum Gasteiger partial charge on any atom is -0.477 e. The molecule has 0 aromatic rings. The molecule has 0 aliphatic rings. The Bertz CT molecular complexity index is 1040. The molecule has 0 radical (unpaired) electrons. The van der Waals surface area contributed by atoms with E-state index >= 15 is 0 Å². The Labute approximate surface area is 371 Å². The molecule has 0 saturated heterocycles. The number of carbonyl (C=O) groups excluding carboxylic acids is 2. The number of unbranched alkanes of at least 4 members (excludes halogenated alkanes) is 29. The minimum atomic E-state index is -0.874. The number of hydrogen-bond acceptors (Lipinski definition) is 6. The van der Waals surface area contributed by atoms with Gasteiger partial charge in [0.05, 0.1) is 34.4 Å². The number of esters is 2. The highest BCUT2D eigenvalue weighted by molar-refractivity contribution is 5.72. The van der Waals surface area contributed by atoms with Crippen LogP contribution in [0.1, 0.15) is 239 Å². The standard InChI is InChI=1S/C52H97NO7/c1-6-8-10-12-14-16-18-20-22-24-26-28-30-32-34-36-38-40-42-50(54)59-47-48(46-58-45-44-49(52(56)57)53(3,4)5)60-51(55)43-41-39-37-35-33-31-29-27-25-23-21-19-17-15-13-11-9-7-2/h22,24,26,28,48-49H,6-21,23,25,27,29-47H2,1-5H3/p+1/b24-22+,28-26+. The summed E-state index contributed by atoms with van der Waals surface area (Å²) in [5.41, 5.74) is 0. The van der Waals surface area contributed by atoms with E-state index in [-0.39, 0.29) is 36.2 Å². The normalized spacial score (nSPS) is 13.0. The molecule has 2 unspecified atom stereocenters. The van der Waals surface area contributed by atoms with Gasteiger partial charge in [-0.1, -0.05) is 205 Å². The molecule has 0 spiro atoms. The van der Waals surface area contributed by atoms with Gasteiger partial charge in [-0.25, -0.2) is 4.79 Å². The van der Waals surface area contributed by atoms with Gasteiger partial charge < -0.3 is 23.8 Å². The van der Waals surface area contributed by atoms with E-state index in [4.69, 9.17) is 14.2 Å². The van der Waals surface area contributed by atoms with Crippen LogP contribution in [0, 0.1) is 0 Å². The van der Waals surface area contributed by atoms with Crippen molar-refractivity contribution in [1.82, 2.24) is 0 Å². The molecule has 1 N–H and O–H groups in total. The predicted octanol–water partition coefficient (Wildman–Crippen LogP) is 14.4. The maximum atomic E-state index is 12.8. The highest BCUT2D eigenvalue weighted by Crippen LogP contribution is 2.16. The second kappa shape index (κ2) is 43.5. The van der Waals surface area contributed by atoms with Crippen molar-refractivity contribution in [2.75, 3.05) is 41.0 Å². The van der Waals surface area contributed by atoms with Crippen molar-refractivity contribution in [1.29, 1.82) is 0 Å². The fraction of sp³-hybridized carbons (Fsp3) is 0.865. The molecule has 8 heteroatoms. The third-order valence-electron chi connectivity index (χ3n) is 11.6. The van der Waals surface area contributed by atoms with E-state index in [9.17, 15) is 19.5 Å². The maximum absolute atomic E-state index is 12.8. The second-order valence-electron chi connectivity index (χ2n) is 18.5. The Kier molecular flexibility index (Phi) is 41.9. The lowest BCUT2D eigenvalue weighted by Gasteiger charge is -2.31. The average molecular weight is 849 g/mol. The number of allylic oxidation sites excluding steroid dienone is 4. The zero-order valence-corrected chi connectivity index (χ0v) is 40.2. The van der Waals surface area contributed by atoms with Crippen molar-refractivity contribution >= 4 is 17.9 Å². The van der Waals surface area contributed by atoms with Gasteiger partial charge in [0.2, 0.25) is 0 Å². The molecular formula is C52H98NO7+. The number of likely N-dealkylation sites (N-methyl/N-ethyl adjacent to an activating group) is 1. The van der Waals surface area contributed by atoms with Crippen LogP contribution in [0.4, 0.5) is 0 Å². The lowest BCUT2D eigenvalue weighted by atomic mass is 10.0. The van der Waals surface area contributed by atoms with Gasteiger partial charge in [0, 0.05) is 19.3 Å². The van der Waals surface area contributed by atoms with E-state index in [2.05, 4.69) is 38.2 Å². The number of carbonyl (C=O) groups is 3. The summed E-state index contributed by atoms with van der Waals surface area (Å²) in [5, 5.41) is 9.65. The number of carboxylic acid groups (broad SMARTS) is 1. The highest BCUT2D eigenvalue weighted by Gasteiger charge is 2.31. The van der Waals surface area contributed by atoms with Crippen molar-refractivity contribution < 1.29 is 38.2 Å². The molecule has 0 bridgehead atoms. The van der Waals surface area contributed by atoms with Crippen molar-refractivity contribution in [2.24, 2.45) is 0 Å². The molecule has 0 heterocycles. The number of quaternary nitrogens is 1. The highest BCUT2D eigenvalue weighted by atomic mass is 16.6. The van der Waals surface area contributed by atoms with E-state index in [0.717, 1.165) is 57.8 Å². The van der Waals surface area contributed by atoms with Crippen LogP contribution in [0.2, 0.25) is 0 Å². The summed E-state index contributed by atoms with van der Waals surface area (Å²) >= 11 is 0. The van der Waals surface area contributed by atoms with E-state index < -0.39 is 18.1 Å². The SMILES string of the molecule is CCCCCCCCC/C=C/C=C/CCCCCCCC(=O)OCC(COCCC(C(=O)O)[N+](C)(C)C)OC(=O)CCCCCCCCCCCCCCCCCCCC. The Morgan fingerprint density at radius 2 is 0.867 bits per heavy atom. The molecule has 352 valence electrons. The van der Waals surface area contributed by atoms with Crippen LogP contribution < -0.4 is 0 Å². The maximum Gasteiger partial charge on any atom is 0.362 e. The topological polar surface area (TPSA) is 99.1 Å². The third kappa shape index (κ3) is 41.2. The monoisotopic (exact) mass is 849 g/mol. The fourth-order valence-corrected chi connectivity index (χ4v) is 7.67. The summed E-state index contributed by atoms with van der Waals surface area (Å²) in [6, 6.07) is -0.614. The van der Waals surface area contributed by atoms with Crippen LogP contribution in [0.5, 0.6) is 0 Å². The zero-order valence-electron chi connectivity index (χ0n) is 40.2. The van der Waals surface area contributed by atoms with E-state index in [1.54, 1.807) is 0 Å². The van der Waals surface area contributed by atoms with E-state index in [0.29, 0.717) is 19.3 Å². The first-order valence-corrected chi connectivity index (χ1v) is 25.4. The van der Waals surface area contributed by atoms with Crippen LogP contribution in [-0.4, -0.2) is 80.6 Å². The Morgan fingerprint density at radius 3 is 1.25 bits per heavy atom. The quantitative estimate of drug-likeness (QED) is 0.0282. The predicted molar refractivity (Wildman–Crippen MR) is 252 cm³/mol. The van der Waals surface area contributed by atoms with Crippen molar-refractivity contribution in [3.05, 3.63) is 24.3 Å². The van der Waals surface area contributed by atoms with Gasteiger partial charge in [-0.15, -0.1) is 0 Å². The Morgan fingerprint density at radius 1 is 0.500 bits per heavy atom. The summed E-state index contributed by atoms with van der Waals surface area (Å²) in [6.45, 7) is 4.75. The fourth-order valence-electron chi connectivity index (χ4n) is 7.67. The van der Waals surface area contributed by atoms with E-state index in [1.165, 1.54) is 148 Å². The number of rotatable bonds is 46. The number of hydrogen-bond donors (Lipinski definition) is 1. The molecule has 0 rings (SSSR count). The first-order valence-electron chi connectivity index (χ1n) is 25.4. The summed E-state index contributed by atoms with van der Waals surface area (Å²) in [6.07, 6.45) is 49.3. The summed E-state index contributed by atoms with van der Waals surface area (Å²) < 4.78 is 17.3. The van der Waals surface area contributed by atoms with Gasteiger partial charge in [0.1, 0.15) is 6.61 Å². The average Bonchev–Trinajstić information content (AvgIpc) is 3.21. The number of carboxylic acids is 1.